The number of hydrogen-bond acceptors (Lipinski definition) is 4. The van der Waals surface area contributed by atoms with Crippen LogP contribution in [0.15, 0.2) is 70.8 Å². The highest BCUT2D eigenvalue weighted by molar-refractivity contribution is 7.12. The van der Waals surface area contributed by atoms with Crippen molar-refractivity contribution in [3.8, 4) is 0 Å². The number of hydrogen-bond donors (Lipinski definition) is 4. The van der Waals surface area contributed by atoms with E-state index in [0.717, 1.165) is 0 Å². The molecule has 0 fully saturated rings. The number of anilines is 1. The van der Waals surface area contributed by atoms with Gasteiger partial charge in [0.15, 0.2) is 0 Å². The Morgan fingerprint density at radius 1 is 0.929 bits per heavy atom. The second-order valence-corrected chi connectivity index (χ2v) is 7.07. The van der Waals surface area contributed by atoms with E-state index in [4.69, 9.17) is 0 Å². The Labute approximate surface area is 163 Å². The first-order chi connectivity index (χ1) is 13.6. The number of nitrogens with one attached hydrogen (secondary N) is 4. The summed E-state index contributed by atoms with van der Waals surface area (Å²) in [7, 11) is 0. The molecule has 8 heteroatoms. The van der Waals surface area contributed by atoms with Crippen molar-refractivity contribution in [3.63, 3.8) is 0 Å². The summed E-state index contributed by atoms with van der Waals surface area (Å²) in [5.74, 6) is -0.697. The molecule has 2 amide bonds. The minimum absolute atomic E-state index is 0.315. The molecule has 0 aliphatic heterocycles. The average Bonchev–Trinajstić information content (AvgIpc) is 3.35. The van der Waals surface area contributed by atoms with E-state index in [1.165, 1.54) is 11.3 Å². The van der Waals surface area contributed by atoms with Gasteiger partial charge in [0.2, 0.25) is 0 Å². The number of rotatable bonds is 5. The third-order valence-corrected chi connectivity index (χ3v) is 5.07. The van der Waals surface area contributed by atoms with Gasteiger partial charge in [-0.2, -0.15) is 0 Å². The summed E-state index contributed by atoms with van der Waals surface area (Å²) < 4.78 is 0. The molecular weight excluding hydrogens is 376 g/mol. The molecule has 0 radical (unpaired) electrons. The molecule has 7 nitrogen and oxygen atoms in total. The third-order valence-electron chi connectivity index (χ3n) is 4.20. The SMILES string of the molecule is O=C(NC(C(=O)Nc1ccc2[nH]c(=O)[nH]c2c1)c1ccccc1)c1cccs1. The Kier molecular flexibility index (Phi) is 4.77. The molecule has 140 valence electrons. The third kappa shape index (κ3) is 3.72. The van der Waals surface area contributed by atoms with Gasteiger partial charge in [0.25, 0.3) is 11.8 Å². The number of H-pyrrole nitrogens is 2. The number of carbonyl (C=O) groups is 2. The zero-order valence-corrected chi connectivity index (χ0v) is 15.4. The van der Waals surface area contributed by atoms with E-state index in [1.807, 2.05) is 18.2 Å². The Balaban J connectivity index is 1.60. The van der Waals surface area contributed by atoms with Gasteiger partial charge in [-0.05, 0) is 35.2 Å². The lowest BCUT2D eigenvalue weighted by atomic mass is 10.1. The Hall–Kier alpha value is -3.65. The molecule has 2 aromatic carbocycles. The summed E-state index contributed by atoms with van der Waals surface area (Å²) in [6.07, 6.45) is 0. The van der Waals surface area contributed by atoms with Crippen LogP contribution in [-0.4, -0.2) is 21.8 Å². The molecule has 4 N–H and O–H groups in total. The molecule has 1 unspecified atom stereocenters. The highest BCUT2D eigenvalue weighted by atomic mass is 32.1. The van der Waals surface area contributed by atoms with Gasteiger partial charge in [-0.1, -0.05) is 36.4 Å². The first kappa shape index (κ1) is 17.7. The maximum atomic E-state index is 13.0. The lowest BCUT2D eigenvalue weighted by molar-refractivity contribution is -0.118. The van der Waals surface area contributed by atoms with Crippen molar-refractivity contribution < 1.29 is 9.59 Å². The molecule has 0 bridgehead atoms. The molecule has 4 aromatic rings. The van der Waals surface area contributed by atoms with Gasteiger partial charge in [0.05, 0.1) is 15.9 Å². The minimum atomic E-state index is -0.864. The van der Waals surface area contributed by atoms with Crippen LogP contribution in [0.5, 0.6) is 0 Å². The van der Waals surface area contributed by atoms with Crippen molar-refractivity contribution >= 4 is 39.9 Å². The predicted molar refractivity (Wildman–Crippen MR) is 109 cm³/mol. The van der Waals surface area contributed by atoms with Gasteiger partial charge < -0.3 is 20.6 Å². The molecule has 0 spiro atoms. The maximum Gasteiger partial charge on any atom is 0.323 e. The quantitative estimate of drug-likeness (QED) is 0.419. The summed E-state index contributed by atoms with van der Waals surface area (Å²) in [5.41, 5.74) is 2.10. The van der Waals surface area contributed by atoms with Gasteiger partial charge >= 0.3 is 5.69 Å². The molecule has 2 heterocycles. The largest absolute Gasteiger partial charge is 0.336 e. The van der Waals surface area contributed by atoms with Crippen molar-refractivity contribution in [2.45, 2.75) is 6.04 Å². The van der Waals surface area contributed by atoms with Gasteiger partial charge in [-0.25, -0.2) is 4.79 Å². The van der Waals surface area contributed by atoms with Crippen LogP contribution in [0.25, 0.3) is 11.0 Å². The molecule has 1 atom stereocenters. The fraction of sp³-hybridized carbons (Fsp3) is 0.0500. The summed E-state index contributed by atoms with van der Waals surface area (Å²) in [6.45, 7) is 0. The van der Waals surface area contributed by atoms with E-state index in [0.29, 0.717) is 27.2 Å². The van der Waals surface area contributed by atoms with Crippen LogP contribution in [0.1, 0.15) is 21.3 Å². The second kappa shape index (κ2) is 7.53. The number of aromatic nitrogens is 2. The number of fused-ring (bicyclic) bond motifs is 1. The van der Waals surface area contributed by atoms with E-state index in [2.05, 4.69) is 20.6 Å². The standard InChI is InChI=1S/C20H16N4O3S/c25-18(16-7-4-10-28-16)24-17(12-5-2-1-3-6-12)19(26)21-13-8-9-14-15(11-13)23-20(27)22-14/h1-11,17H,(H,21,26)(H,24,25)(H2,22,23,27). The van der Waals surface area contributed by atoms with E-state index in [9.17, 15) is 14.4 Å². The van der Waals surface area contributed by atoms with Crippen molar-refractivity contribution in [2.75, 3.05) is 5.32 Å². The van der Waals surface area contributed by atoms with Crippen LogP contribution in [0.4, 0.5) is 5.69 Å². The fourth-order valence-corrected chi connectivity index (χ4v) is 3.51. The number of carbonyl (C=O) groups excluding carboxylic acids is 2. The first-order valence-corrected chi connectivity index (χ1v) is 9.40. The molecule has 0 aliphatic rings. The van der Waals surface area contributed by atoms with E-state index < -0.39 is 6.04 Å². The molecular formula is C20H16N4O3S. The zero-order chi connectivity index (χ0) is 19.5. The highest BCUT2D eigenvalue weighted by Crippen LogP contribution is 2.20. The van der Waals surface area contributed by atoms with E-state index in [-0.39, 0.29) is 17.5 Å². The number of amides is 2. The lowest BCUT2D eigenvalue weighted by Crippen LogP contribution is -2.36. The van der Waals surface area contributed by atoms with Crippen LogP contribution in [-0.2, 0) is 4.79 Å². The van der Waals surface area contributed by atoms with Crippen LogP contribution in [0, 0.1) is 0 Å². The van der Waals surface area contributed by atoms with Crippen LogP contribution >= 0.6 is 11.3 Å². The van der Waals surface area contributed by atoms with Crippen molar-refractivity contribution in [2.24, 2.45) is 0 Å². The number of benzene rings is 2. The Bertz CT molecular complexity index is 1180. The highest BCUT2D eigenvalue weighted by Gasteiger charge is 2.24. The Morgan fingerprint density at radius 2 is 1.71 bits per heavy atom. The summed E-state index contributed by atoms with van der Waals surface area (Å²) in [4.78, 5) is 42.7. The molecule has 0 saturated carbocycles. The fourth-order valence-electron chi connectivity index (χ4n) is 2.88. The summed E-state index contributed by atoms with van der Waals surface area (Å²) in [6, 6.07) is 16.7. The smallest absolute Gasteiger partial charge is 0.323 e. The number of imidazole rings is 1. The van der Waals surface area contributed by atoms with Crippen LogP contribution in [0.3, 0.4) is 0 Å². The van der Waals surface area contributed by atoms with Gasteiger partial charge in [0.1, 0.15) is 6.04 Å². The first-order valence-electron chi connectivity index (χ1n) is 8.52. The van der Waals surface area contributed by atoms with Crippen molar-refractivity contribution in [3.05, 3.63) is 87.0 Å². The Morgan fingerprint density at radius 3 is 2.46 bits per heavy atom. The monoisotopic (exact) mass is 392 g/mol. The van der Waals surface area contributed by atoms with Crippen molar-refractivity contribution in [1.82, 2.24) is 15.3 Å². The number of thiophene rings is 1. The van der Waals surface area contributed by atoms with Crippen LogP contribution < -0.4 is 16.3 Å². The van der Waals surface area contributed by atoms with Crippen molar-refractivity contribution in [1.29, 1.82) is 0 Å². The molecule has 4 rings (SSSR count). The van der Waals surface area contributed by atoms with Gasteiger partial charge in [-0.3, -0.25) is 9.59 Å². The molecule has 0 aliphatic carbocycles. The van der Waals surface area contributed by atoms with Gasteiger partial charge in [-0.15, -0.1) is 11.3 Å². The maximum absolute atomic E-state index is 13.0. The topological polar surface area (TPSA) is 107 Å². The summed E-state index contributed by atoms with van der Waals surface area (Å²) >= 11 is 1.31. The molecule has 2 aromatic heterocycles. The molecule has 0 saturated heterocycles. The van der Waals surface area contributed by atoms with Gasteiger partial charge in [0, 0.05) is 5.69 Å². The lowest BCUT2D eigenvalue weighted by Gasteiger charge is -2.18. The van der Waals surface area contributed by atoms with Crippen LogP contribution in [0.2, 0.25) is 0 Å². The molecule has 28 heavy (non-hydrogen) atoms. The zero-order valence-electron chi connectivity index (χ0n) is 14.6. The summed E-state index contributed by atoms with van der Waals surface area (Å²) in [5, 5.41) is 7.40. The normalized spacial score (nSPS) is 11.9. The number of aromatic amines is 2. The predicted octanol–water partition coefficient (Wildman–Crippen LogP) is 3.03. The minimum Gasteiger partial charge on any atom is -0.336 e. The van der Waals surface area contributed by atoms with E-state index >= 15 is 0 Å². The average molecular weight is 392 g/mol. The van der Waals surface area contributed by atoms with E-state index in [1.54, 1.807) is 47.8 Å². The second-order valence-electron chi connectivity index (χ2n) is 6.12.